The number of aliphatic hydroxyl groups is 1. The number of hydroxylamine groups is 1. The van der Waals surface area contributed by atoms with Crippen LogP contribution in [0.15, 0.2) is 22.5 Å². The van der Waals surface area contributed by atoms with Gasteiger partial charge in [0.15, 0.2) is 0 Å². The van der Waals surface area contributed by atoms with Gasteiger partial charge in [0.25, 0.3) is 11.8 Å². The molecule has 0 spiro atoms. The summed E-state index contributed by atoms with van der Waals surface area (Å²) in [7, 11) is 0. The molecule has 0 unspecified atom stereocenters. The molecule has 0 bridgehead atoms. The van der Waals surface area contributed by atoms with Gasteiger partial charge in [0.2, 0.25) is 0 Å². The van der Waals surface area contributed by atoms with Crippen LogP contribution >= 0.6 is 46.7 Å². The third-order valence-corrected chi connectivity index (χ3v) is 7.52. The van der Waals surface area contributed by atoms with Gasteiger partial charge in [-0.05, 0) is 22.4 Å². The zero-order valence-corrected chi connectivity index (χ0v) is 17.8. The molecule has 0 aromatic carbocycles. The van der Waals surface area contributed by atoms with Crippen molar-refractivity contribution in [2.75, 3.05) is 5.75 Å². The summed E-state index contributed by atoms with van der Waals surface area (Å²) in [5, 5.41) is 21.0. The Kier molecular flexibility index (Phi) is 5.74. The highest BCUT2D eigenvalue weighted by molar-refractivity contribution is 8.02. The number of amides is 2. The predicted molar refractivity (Wildman–Crippen MR) is 111 cm³/mol. The summed E-state index contributed by atoms with van der Waals surface area (Å²) in [6.45, 7) is -0.286. The lowest BCUT2D eigenvalue weighted by molar-refractivity contribution is -0.156. The minimum atomic E-state index is -0.888. The lowest BCUT2D eigenvalue weighted by Crippen LogP contribution is -2.61. The van der Waals surface area contributed by atoms with Gasteiger partial charge in [-0.15, -0.1) is 22.0 Å². The first-order valence-electron chi connectivity index (χ1n) is 8.16. The lowest BCUT2D eigenvalue weighted by atomic mass is 10.1. The first-order valence-corrected chi connectivity index (χ1v) is 11.4. The zero-order chi connectivity index (χ0) is 20.5. The topological polar surface area (TPSA) is 122 Å². The number of aromatic nitrogens is 2. The summed E-state index contributed by atoms with van der Waals surface area (Å²) in [5.74, 6) is -1.50. The standard InChI is InChI=1S/C16H12N4O5S4/c21-4-10-17-18-13(29-10)8-6-28-15-12(26)14(23)20(15)11(8)16(24)25-19-9(22)3-7-1-2-27-5-7/h1-2,5,15,21H,3-4,6H2,(H,19,22)/t15-/m0/s1. The summed E-state index contributed by atoms with van der Waals surface area (Å²) in [5.41, 5.74) is 3.34. The van der Waals surface area contributed by atoms with Gasteiger partial charge in [0.1, 0.15) is 26.0 Å². The van der Waals surface area contributed by atoms with E-state index >= 15 is 0 Å². The highest BCUT2D eigenvalue weighted by Crippen LogP contribution is 2.42. The van der Waals surface area contributed by atoms with E-state index < -0.39 is 23.2 Å². The molecule has 4 rings (SSSR count). The molecule has 0 aliphatic carbocycles. The predicted octanol–water partition coefficient (Wildman–Crippen LogP) is 0.905. The average molecular weight is 469 g/mol. The van der Waals surface area contributed by atoms with Crippen LogP contribution in [0.2, 0.25) is 0 Å². The molecule has 2 aliphatic heterocycles. The second kappa shape index (κ2) is 8.28. The van der Waals surface area contributed by atoms with Gasteiger partial charge in [-0.1, -0.05) is 23.6 Å². The number of fused-ring (bicyclic) bond motifs is 1. The molecule has 4 heterocycles. The second-order valence-electron chi connectivity index (χ2n) is 5.91. The first kappa shape index (κ1) is 20.1. The first-order chi connectivity index (χ1) is 14.0. The molecule has 13 heteroatoms. The van der Waals surface area contributed by atoms with Crippen LogP contribution in [-0.4, -0.2) is 54.0 Å². The molecule has 2 aliphatic rings. The molecule has 29 heavy (non-hydrogen) atoms. The van der Waals surface area contributed by atoms with Gasteiger partial charge in [-0.3, -0.25) is 14.5 Å². The summed E-state index contributed by atoms with van der Waals surface area (Å²) in [6, 6.07) is 1.80. The Morgan fingerprint density at radius 3 is 2.93 bits per heavy atom. The Balaban J connectivity index is 1.56. The largest absolute Gasteiger partial charge is 0.389 e. The Hall–Kier alpha value is -2.19. The van der Waals surface area contributed by atoms with Gasteiger partial charge >= 0.3 is 5.97 Å². The van der Waals surface area contributed by atoms with Crippen molar-refractivity contribution in [2.45, 2.75) is 18.4 Å². The van der Waals surface area contributed by atoms with E-state index in [9.17, 15) is 19.5 Å². The van der Waals surface area contributed by atoms with E-state index in [1.54, 1.807) is 6.07 Å². The number of thiocarbonyl (C=S) groups is 1. The number of carbonyl (C=O) groups excluding carboxylic acids is 3. The van der Waals surface area contributed by atoms with E-state index in [0.717, 1.165) is 16.9 Å². The van der Waals surface area contributed by atoms with Crippen molar-refractivity contribution in [1.29, 1.82) is 0 Å². The summed E-state index contributed by atoms with van der Waals surface area (Å²) >= 11 is 9.02. The Bertz CT molecular complexity index is 1030. The van der Waals surface area contributed by atoms with Crippen molar-refractivity contribution < 1.29 is 24.3 Å². The third-order valence-electron chi connectivity index (χ3n) is 4.06. The number of thiophene rings is 1. The maximum Gasteiger partial charge on any atom is 0.379 e. The van der Waals surface area contributed by atoms with E-state index in [4.69, 9.17) is 17.1 Å². The molecule has 0 saturated carbocycles. The number of β-lactam (4-membered cyclic amide) rings is 1. The van der Waals surface area contributed by atoms with Gasteiger partial charge in [0.05, 0.1) is 13.0 Å². The molecule has 0 radical (unpaired) electrons. The molecule has 1 atom stereocenters. The fourth-order valence-electron chi connectivity index (χ4n) is 2.72. The van der Waals surface area contributed by atoms with E-state index in [0.29, 0.717) is 21.3 Å². The molecule has 1 fully saturated rings. The number of nitrogens with zero attached hydrogens (tertiary/aromatic N) is 3. The molecule has 1 saturated heterocycles. The van der Waals surface area contributed by atoms with Crippen LogP contribution in [0.4, 0.5) is 0 Å². The lowest BCUT2D eigenvalue weighted by Gasteiger charge is -2.44. The fourth-order valence-corrected chi connectivity index (χ4v) is 5.83. The van der Waals surface area contributed by atoms with Crippen molar-refractivity contribution in [3.63, 3.8) is 0 Å². The number of nitrogens with one attached hydrogen (secondary N) is 1. The third kappa shape index (κ3) is 3.83. The van der Waals surface area contributed by atoms with Gasteiger partial charge in [-0.25, -0.2) is 4.79 Å². The van der Waals surface area contributed by atoms with Crippen molar-refractivity contribution in [3.8, 4) is 0 Å². The van der Waals surface area contributed by atoms with Crippen LogP contribution in [-0.2, 0) is 32.2 Å². The zero-order valence-electron chi connectivity index (χ0n) is 14.5. The fraction of sp³-hybridized carbons (Fsp3) is 0.250. The number of rotatable bonds is 5. The van der Waals surface area contributed by atoms with E-state index in [-0.39, 0.29) is 23.6 Å². The quantitative estimate of drug-likeness (QED) is 0.374. The number of carbonyl (C=O) groups is 3. The van der Waals surface area contributed by atoms with Crippen molar-refractivity contribution in [3.05, 3.63) is 38.1 Å². The Labute approximate surface area is 181 Å². The van der Waals surface area contributed by atoms with Crippen molar-refractivity contribution in [2.24, 2.45) is 0 Å². The van der Waals surface area contributed by atoms with E-state index in [1.807, 2.05) is 10.8 Å². The van der Waals surface area contributed by atoms with Crippen LogP contribution in [0.3, 0.4) is 0 Å². The molecular weight excluding hydrogens is 456 g/mol. The molecular formula is C16H12N4O5S4. The molecule has 2 amide bonds. The van der Waals surface area contributed by atoms with E-state index in [1.165, 1.54) is 28.0 Å². The smallest absolute Gasteiger partial charge is 0.379 e. The van der Waals surface area contributed by atoms with Crippen LogP contribution in [0.25, 0.3) is 5.57 Å². The number of aliphatic hydroxyl groups excluding tert-OH is 1. The highest BCUT2D eigenvalue weighted by Gasteiger charge is 2.51. The number of thioether (sulfide) groups is 1. The average Bonchev–Trinajstić information content (AvgIpc) is 3.42. The number of hydrogen-bond acceptors (Lipinski definition) is 11. The van der Waals surface area contributed by atoms with Crippen LogP contribution in [0.5, 0.6) is 0 Å². The van der Waals surface area contributed by atoms with E-state index in [2.05, 4.69) is 15.7 Å². The van der Waals surface area contributed by atoms with Crippen LogP contribution < -0.4 is 5.48 Å². The minimum absolute atomic E-state index is 0.0242. The van der Waals surface area contributed by atoms with Gasteiger partial charge < -0.3 is 9.94 Å². The minimum Gasteiger partial charge on any atom is -0.389 e. The summed E-state index contributed by atoms with van der Waals surface area (Å²) in [6.07, 6.45) is 0.0597. The maximum absolute atomic E-state index is 12.8. The Morgan fingerprint density at radius 1 is 1.41 bits per heavy atom. The van der Waals surface area contributed by atoms with Crippen molar-refractivity contribution >= 4 is 74.9 Å². The molecule has 150 valence electrons. The molecule has 2 aromatic rings. The number of hydrogen-bond donors (Lipinski definition) is 2. The van der Waals surface area contributed by atoms with Gasteiger partial charge in [0, 0.05) is 11.3 Å². The molecule has 2 N–H and O–H groups in total. The SMILES string of the molecule is O=C(Cc1ccsc1)NOC(=O)C1=C(c2nnc(CO)s2)CS[C@H]2C(=S)C(=O)N12. The molecule has 9 nitrogen and oxygen atoms in total. The van der Waals surface area contributed by atoms with Crippen LogP contribution in [0.1, 0.15) is 15.6 Å². The summed E-state index contributed by atoms with van der Waals surface area (Å²) < 4.78 is 0. The monoisotopic (exact) mass is 468 g/mol. The maximum atomic E-state index is 12.8. The Morgan fingerprint density at radius 2 is 2.24 bits per heavy atom. The highest BCUT2D eigenvalue weighted by atomic mass is 32.2. The van der Waals surface area contributed by atoms with Gasteiger partial charge in [-0.2, -0.15) is 16.8 Å². The van der Waals surface area contributed by atoms with Crippen molar-refractivity contribution in [1.82, 2.24) is 20.6 Å². The normalized spacial score (nSPS) is 18.4. The van der Waals surface area contributed by atoms with Crippen LogP contribution in [0, 0.1) is 0 Å². The summed E-state index contributed by atoms with van der Waals surface area (Å²) in [4.78, 5) is 43.5. The molecule has 2 aromatic heterocycles. The second-order valence-corrected chi connectivity index (χ2v) is 9.26.